The predicted octanol–water partition coefficient (Wildman–Crippen LogP) is 4.15. The number of nitrogens with one attached hydrogen (secondary N) is 1. The third-order valence-corrected chi connectivity index (χ3v) is 5.22. The minimum Gasteiger partial charge on any atom is -0.348 e. The molecule has 138 valence electrons. The third kappa shape index (κ3) is 3.75. The highest BCUT2D eigenvalue weighted by atomic mass is 16.2. The first-order valence-corrected chi connectivity index (χ1v) is 9.52. The molecule has 4 rings (SSSR count). The van der Waals surface area contributed by atoms with Gasteiger partial charge in [-0.1, -0.05) is 60.2 Å². The van der Waals surface area contributed by atoms with Crippen LogP contribution in [0.1, 0.15) is 28.4 Å². The van der Waals surface area contributed by atoms with Gasteiger partial charge in [0.15, 0.2) is 0 Å². The van der Waals surface area contributed by atoms with Crippen molar-refractivity contribution < 1.29 is 4.79 Å². The Morgan fingerprint density at radius 2 is 1.78 bits per heavy atom. The lowest BCUT2D eigenvalue weighted by atomic mass is 9.99. The zero-order chi connectivity index (χ0) is 18.6. The van der Waals surface area contributed by atoms with Crippen LogP contribution in [0.2, 0.25) is 0 Å². The Hall–Kier alpha value is -3.01. The second kappa shape index (κ2) is 7.70. The summed E-state index contributed by atoms with van der Waals surface area (Å²) < 4.78 is 2.25. The molecule has 3 aromatic rings. The zero-order valence-electron chi connectivity index (χ0n) is 15.6. The summed E-state index contributed by atoms with van der Waals surface area (Å²) in [7, 11) is 0. The first-order valence-electron chi connectivity index (χ1n) is 9.52. The quantitative estimate of drug-likeness (QED) is 0.746. The largest absolute Gasteiger partial charge is 0.348 e. The van der Waals surface area contributed by atoms with Crippen molar-refractivity contribution in [2.24, 2.45) is 0 Å². The molecule has 0 unspecified atom stereocenters. The average Bonchev–Trinajstić information content (AvgIpc) is 3.17. The summed E-state index contributed by atoms with van der Waals surface area (Å²) in [5.74, 6) is 0. The predicted molar refractivity (Wildman–Crippen MR) is 108 cm³/mol. The summed E-state index contributed by atoms with van der Waals surface area (Å²) >= 11 is 0. The first-order chi connectivity index (χ1) is 13.2. The molecule has 1 aromatic heterocycles. The van der Waals surface area contributed by atoms with Crippen molar-refractivity contribution >= 4 is 6.03 Å². The van der Waals surface area contributed by atoms with E-state index in [9.17, 15) is 4.79 Å². The van der Waals surface area contributed by atoms with Gasteiger partial charge in [-0.05, 0) is 36.6 Å². The summed E-state index contributed by atoms with van der Waals surface area (Å²) in [4.78, 5) is 14.9. The molecule has 0 spiro atoms. The van der Waals surface area contributed by atoms with Crippen LogP contribution in [-0.4, -0.2) is 28.6 Å². The molecule has 27 heavy (non-hydrogen) atoms. The van der Waals surface area contributed by atoms with Crippen LogP contribution in [0.4, 0.5) is 4.79 Å². The van der Waals surface area contributed by atoms with E-state index in [1.807, 2.05) is 23.1 Å². The second-order valence-electron chi connectivity index (χ2n) is 7.10. The molecule has 1 aliphatic heterocycles. The zero-order valence-corrected chi connectivity index (χ0v) is 15.6. The highest BCUT2D eigenvalue weighted by Crippen LogP contribution is 2.32. The summed E-state index contributed by atoms with van der Waals surface area (Å²) in [6.45, 7) is 4.26. The van der Waals surface area contributed by atoms with Crippen LogP contribution >= 0.6 is 0 Å². The molecule has 0 bridgehead atoms. The Morgan fingerprint density at radius 1 is 1.00 bits per heavy atom. The topological polar surface area (TPSA) is 37.3 Å². The van der Waals surface area contributed by atoms with Gasteiger partial charge < -0.3 is 14.8 Å². The van der Waals surface area contributed by atoms with E-state index in [0.29, 0.717) is 13.1 Å². The highest BCUT2D eigenvalue weighted by molar-refractivity contribution is 5.75. The number of rotatable bonds is 4. The number of carbonyl (C=O) groups is 1. The van der Waals surface area contributed by atoms with Gasteiger partial charge in [-0.3, -0.25) is 0 Å². The number of amides is 2. The van der Waals surface area contributed by atoms with Crippen molar-refractivity contribution in [3.8, 4) is 0 Å². The van der Waals surface area contributed by atoms with Gasteiger partial charge in [-0.15, -0.1) is 0 Å². The van der Waals surface area contributed by atoms with Crippen molar-refractivity contribution in [3.63, 3.8) is 0 Å². The first kappa shape index (κ1) is 17.4. The van der Waals surface area contributed by atoms with Gasteiger partial charge in [0.1, 0.15) is 0 Å². The molecule has 2 aromatic carbocycles. The van der Waals surface area contributed by atoms with Crippen LogP contribution in [0.3, 0.4) is 0 Å². The van der Waals surface area contributed by atoms with Gasteiger partial charge in [-0.2, -0.15) is 0 Å². The SMILES string of the molecule is Cc1ccc([C@@H]2c3cccn3CCN2C(=O)NCCc2ccccc2)cc1. The summed E-state index contributed by atoms with van der Waals surface area (Å²) in [6.07, 6.45) is 2.94. The maximum atomic E-state index is 13.0. The Morgan fingerprint density at radius 3 is 2.56 bits per heavy atom. The molecule has 4 heteroatoms. The van der Waals surface area contributed by atoms with Gasteiger partial charge in [0.05, 0.1) is 6.04 Å². The van der Waals surface area contributed by atoms with Crippen molar-refractivity contribution in [3.05, 3.63) is 95.3 Å². The fourth-order valence-electron chi connectivity index (χ4n) is 3.76. The summed E-state index contributed by atoms with van der Waals surface area (Å²) in [5.41, 5.74) is 4.78. The van der Waals surface area contributed by atoms with Crippen LogP contribution in [0.25, 0.3) is 0 Å². The minimum atomic E-state index is -0.0499. The fourth-order valence-corrected chi connectivity index (χ4v) is 3.76. The van der Waals surface area contributed by atoms with Crippen LogP contribution < -0.4 is 5.32 Å². The Labute approximate surface area is 160 Å². The number of hydrogen-bond donors (Lipinski definition) is 1. The lowest BCUT2D eigenvalue weighted by Gasteiger charge is -2.37. The van der Waals surface area contributed by atoms with Gasteiger partial charge >= 0.3 is 6.03 Å². The van der Waals surface area contributed by atoms with Crippen molar-refractivity contribution in [1.29, 1.82) is 0 Å². The van der Waals surface area contributed by atoms with Crippen LogP contribution in [0.15, 0.2) is 72.9 Å². The molecule has 1 N–H and O–H groups in total. The van der Waals surface area contributed by atoms with E-state index in [0.717, 1.165) is 18.5 Å². The molecule has 2 heterocycles. The molecule has 4 nitrogen and oxygen atoms in total. The monoisotopic (exact) mass is 359 g/mol. The van der Waals surface area contributed by atoms with Gasteiger partial charge in [0, 0.05) is 31.5 Å². The summed E-state index contributed by atoms with van der Waals surface area (Å²) in [6, 6.07) is 22.9. The van der Waals surface area contributed by atoms with E-state index in [1.165, 1.54) is 16.8 Å². The molecule has 0 saturated heterocycles. The number of aryl methyl sites for hydroxylation is 1. The minimum absolute atomic E-state index is 0.00366. The van der Waals surface area contributed by atoms with Crippen LogP contribution in [0.5, 0.6) is 0 Å². The van der Waals surface area contributed by atoms with Crippen molar-refractivity contribution in [1.82, 2.24) is 14.8 Å². The molecular weight excluding hydrogens is 334 g/mol. The highest BCUT2D eigenvalue weighted by Gasteiger charge is 2.31. The number of benzene rings is 2. The lowest BCUT2D eigenvalue weighted by Crippen LogP contribution is -2.47. The number of urea groups is 1. The van der Waals surface area contributed by atoms with E-state index in [-0.39, 0.29) is 12.1 Å². The third-order valence-electron chi connectivity index (χ3n) is 5.22. The van der Waals surface area contributed by atoms with Crippen LogP contribution in [-0.2, 0) is 13.0 Å². The Balaban J connectivity index is 1.51. The van der Waals surface area contributed by atoms with Gasteiger partial charge in [0.25, 0.3) is 0 Å². The molecule has 0 saturated carbocycles. The normalized spacial score (nSPS) is 16.0. The molecule has 0 fully saturated rings. The molecule has 1 atom stereocenters. The van der Waals surface area contributed by atoms with Crippen LogP contribution in [0, 0.1) is 6.92 Å². The van der Waals surface area contributed by atoms with Crippen molar-refractivity contribution in [2.45, 2.75) is 25.9 Å². The standard InChI is InChI=1S/C23H25N3O/c1-18-9-11-20(12-10-18)22-21-8-5-15-25(21)16-17-26(22)23(27)24-14-13-19-6-3-2-4-7-19/h2-12,15,22H,13-14,16-17H2,1H3,(H,24,27)/t22-/m1/s1. The molecule has 0 aliphatic carbocycles. The Kier molecular flexibility index (Phi) is 4.97. The van der Waals surface area contributed by atoms with E-state index in [4.69, 9.17) is 0 Å². The number of fused-ring (bicyclic) bond motifs is 1. The molecule has 2 amide bonds. The number of nitrogens with zero attached hydrogens (tertiary/aromatic N) is 2. The second-order valence-corrected chi connectivity index (χ2v) is 7.10. The Bertz CT molecular complexity index is 899. The number of hydrogen-bond acceptors (Lipinski definition) is 1. The number of carbonyl (C=O) groups excluding carboxylic acids is 1. The van der Waals surface area contributed by atoms with E-state index in [2.05, 4.69) is 71.5 Å². The van der Waals surface area contributed by atoms with Crippen molar-refractivity contribution in [2.75, 3.05) is 13.1 Å². The maximum Gasteiger partial charge on any atom is 0.318 e. The average molecular weight is 359 g/mol. The van der Waals surface area contributed by atoms with Gasteiger partial charge in [-0.25, -0.2) is 4.79 Å². The summed E-state index contributed by atoms with van der Waals surface area (Å²) in [5, 5.41) is 3.11. The molecule has 0 radical (unpaired) electrons. The maximum absolute atomic E-state index is 13.0. The smallest absolute Gasteiger partial charge is 0.318 e. The molecule has 1 aliphatic rings. The van der Waals surface area contributed by atoms with Gasteiger partial charge in [0.2, 0.25) is 0 Å². The van der Waals surface area contributed by atoms with E-state index < -0.39 is 0 Å². The lowest BCUT2D eigenvalue weighted by molar-refractivity contribution is 0.169. The van der Waals surface area contributed by atoms with E-state index in [1.54, 1.807) is 0 Å². The van der Waals surface area contributed by atoms with E-state index >= 15 is 0 Å². The molecular formula is C23H25N3O. The number of aromatic nitrogens is 1. The fraction of sp³-hybridized carbons (Fsp3) is 0.261.